The van der Waals surface area contributed by atoms with Crippen LogP contribution in [0.15, 0.2) is 12.3 Å². The minimum absolute atomic E-state index is 0.187. The van der Waals surface area contributed by atoms with Gasteiger partial charge < -0.3 is 19.7 Å². The van der Waals surface area contributed by atoms with Gasteiger partial charge in [0, 0.05) is 39.1 Å². The Morgan fingerprint density at radius 1 is 1.43 bits per heavy atom. The zero-order chi connectivity index (χ0) is 15.7. The zero-order valence-corrected chi connectivity index (χ0v) is 13.6. The number of hydrogen-bond acceptors (Lipinski definition) is 5. The predicted molar refractivity (Wildman–Crippen MR) is 82.9 cm³/mol. The van der Waals surface area contributed by atoms with Crippen molar-refractivity contribution in [1.82, 2.24) is 15.1 Å². The number of likely N-dealkylation sites (N-methyl/N-ethyl adjacent to an activating group) is 1. The quantitative estimate of drug-likeness (QED) is 0.326. The Bertz CT molecular complexity index is 332. The first kappa shape index (κ1) is 17.9. The van der Waals surface area contributed by atoms with Gasteiger partial charge in [-0.05, 0) is 20.5 Å². The highest BCUT2D eigenvalue weighted by Gasteiger charge is 2.27. The lowest BCUT2D eigenvalue weighted by atomic mass is 10.2. The van der Waals surface area contributed by atoms with Gasteiger partial charge >= 0.3 is 0 Å². The Morgan fingerprint density at radius 2 is 2.14 bits per heavy atom. The van der Waals surface area contributed by atoms with E-state index in [0.29, 0.717) is 13.0 Å². The van der Waals surface area contributed by atoms with Crippen molar-refractivity contribution in [3.63, 3.8) is 0 Å². The molecule has 0 bridgehead atoms. The van der Waals surface area contributed by atoms with Gasteiger partial charge in [0.15, 0.2) is 0 Å². The number of ether oxygens (including phenoxy) is 2. The number of methoxy groups -OCH3 is 1. The van der Waals surface area contributed by atoms with Crippen LogP contribution < -0.4 is 5.32 Å². The number of rotatable bonds is 12. The van der Waals surface area contributed by atoms with Crippen molar-refractivity contribution in [3.05, 3.63) is 12.3 Å². The molecule has 1 amide bonds. The molecule has 0 aromatic carbocycles. The largest absolute Gasteiger partial charge is 0.502 e. The van der Waals surface area contributed by atoms with Gasteiger partial charge in [-0.25, -0.2) is 0 Å². The highest BCUT2D eigenvalue weighted by Crippen LogP contribution is 2.13. The topological polar surface area (TPSA) is 57.3 Å². The first-order valence-electron chi connectivity index (χ1n) is 7.51. The molecule has 21 heavy (non-hydrogen) atoms. The normalized spacial score (nSPS) is 16.9. The van der Waals surface area contributed by atoms with Gasteiger partial charge in [0.1, 0.15) is 0 Å². The molecule has 1 atom stereocenters. The van der Waals surface area contributed by atoms with Crippen LogP contribution >= 0.6 is 0 Å². The maximum absolute atomic E-state index is 12.3. The van der Waals surface area contributed by atoms with Crippen LogP contribution in [0.2, 0.25) is 0 Å². The fourth-order valence-corrected chi connectivity index (χ4v) is 2.07. The minimum atomic E-state index is 0.187. The van der Waals surface area contributed by atoms with Crippen molar-refractivity contribution < 1.29 is 14.3 Å². The van der Waals surface area contributed by atoms with Gasteiger partial charge in [-0.2, -0.15) is 0 Å². The molecule has 0 aromatic rings. The minimum Gasteiger partial charge on any atom is -0.502 e. The lowest BCUT2D eigenvalue weighted by Crippen LogP contribution is -2.41. The smallest absolute Gasteiger partial charge is 0.222 e. The zero-order valence-electron chi connectivity index (χ0n) is 13.6. The van der Waals surface area contributed by atoms with Gasteiger partial charge in [0.2, 0.25) is 5.91 Å². The van der Waals surface area contributed by atoms with Crippen LogP contribution in [-0.2, 0) is 14.3 Å². The van der Waals surface area contributed by atoms with Crippen LogP contribution in [0.4, 0.5) is 0 Å². The molecule has 122 valence electrons. The molecule has 1 saturated heterocycles. The summed E-state index contributed by atoms with van der Waals surface area (Å²) < 4.78 is 10.3. The van der Waals surface area contributed by atoms with Crippen molar-refractivity contribution in [3.8, 4) is 0 Å². The van der Waals surface area contributed by atoms with Crippen LogP contribution in [-0.4, -0.2) is 75.9 Å². The number of carbonyl (C=O) groups is 1. The van der Waals surface area contributed by atoms with E-state index in [4.69, 9.17) is 9.47 Å². The van der Waals surface area contributed by atoms with E-state index in [9.17, 15) is 4.79 Å². The second kappa shape index (κ2) is 9.76. The van der Waals surface area contributed by atoms with Crippen molar-refractivity contribution in [2.24, 2.45) is 0 Å². The van der Waals surface area contributed by atoms with E-state index in [-0.39, 0.29) is 12.0 Å². The molecule has 0 aromatic heterocycles. The number of nitrogens with one attached hydrogen (secondary N) is 1. The van der Waals surface area contributed by atoms with E-state index >= 15 is 0 Å². The maximum Gasteiger partial charge on any atom is 0.222 e. The van der Waals surface area contributed by atoms with Crippen molar-refractivity contribution in [2.75, 3.05) is 54.1 Å². The van der Waals surface area contributed by atoms with E-state index in [1.807, 2.05) is 19.0 Å². The second-order valence-electron chi connectivity index (χ2n) is 5.48. The summed E-state index contributed by atoms with van der Waals surface area (Å²) in [6, 6.07) is 0. The highest BCUT2D eigenvalue weighted by molar-refractivity contribution is 5.76. The third-order valence-electron chi connectivity index (χ3n) is 3.49. The van der Waals surface area contributed by atoms with Crippen LogP contribution in [0.1, 0.15) is 19.3 Å². The first-order chi connectivity index (χ1) is 10.1. The lowest BCUT2D eigenvalue weighted by Gasteiger charge is -2.25. The van der Waals surface area contributed by atoms with Crippen LogP contribution in [0.5, 0.6) is 0 Å². The second-order valence-corrected chi connectivity index (χ2v) is 5.48. The number of allylic oxidation sites excluding steroid dienone is 1. The molecular formula is C15H29N3O3. The average Bonchev–Trinajstić information content (AvgIpc) is 3.27. The molecule has 0 radical (unpaired) electrons. The molecule has 6 heteroatoms. The number of epoxide rings is 1. The summed E-state index contributed by atoms with van der Waals surface area (Å²) in [5.74, 6) is 0.917. The van der Waals surface area contributed by atoms with Crippen LogP contribution in [0.3, 0.4) is 0 Å². The maximum atomic E-state index is 12.3. The fourth-order valence-electron chi connectivity index (χ4n) is 2.07. The molecule has 0 saturated carbocycles. The van der Waals surface area contributed by atoms with Crippen molar-refractivity contribution in [2.45, 2.75) is 25.4 Å². The van der Waals surface area contributed by atoms with E-state index in [1.165, 1.54) is 0 Å². The van der Waals surface area contributed by atoms with E-state index in [2.05, 4.69) is 16.8 Å². The van der Waals surface area contributed by atoms with Crippen molar-refractivity contribution in [1.29, 1.82) is 0 Å². The Morgan fingerprint density at radius 3 is 2.71 bits per heavy atom. The monoisotopic (exact) mass is 299 g/mol. The number of amides is 1. The van der Waals surface area contributed by atoms with Crippen molar-refractivity contribution >= 4 is 5.91 Å². The summed E-state index contributed by atoms with van der Waals surface area (Å²) in [5.41, 5.74) is 0. The Kier molecular flexibility index (Phi) is 8.34. The predicted octanol–water partition coefficient (Wildman–Crippen LogP) is 0.653. The summed E-state index contributed by atoms with van der Waals surface area (Å²) in [7, 11) is 5.56. The molecule has 1 fully saturated rings. The van der Waals surface area contributed by atoms with E-state index < -0.39 is 0 Å². The molecule has 1 heterocycles. The molecular weight excluding hydrogens is 270 g/mol. The number of nitrogens with zero attached hydrogens (tertiary/aromatic N) is 2. The molecule has 1 rings (SSSR count). The summed E-state index contributed by atoms with van der Waals surface area (Å²) >= 11 is 0. The van der Waals surface area contributed by atoms with E-state index in [0.717, 1.165) is 45.0 Å². The Balaban J connectivity index is 2.32. The molecule has 1 N–H and O–H groups in total. The fraction of sp³-hybridized carbons (Fsp3) is 0.800. The summed E-state index contributed by atoms with van der Waals surface area (Å²) in [6.07, 6.45) is 2.28. The molecule has 0 spiro atoms. The van der Waals surface area contributed by atoms with Gasteiger partial charge in [0.05, 0.1) is 25.6 Å². The number of carbonyl (C=O) groups excluding carboxylic acids is 1. The van der Waals surface area contributed by atoms with Crippen LogP contribution in [0, 0.1) is 0 Å². The molecule has 1 aliphatic heterocycles. The highest BCUT2D eigenvalue weighted by atomic mass is 16.6. The third kappa shape index (κ3) is 8.04. The molecule has 0 aliphatic carbocycles. The summed E-state index contributed by atoms with van der Waals surface area (Å²) in [4.78, 5) is 16.4. The summed E-state index contributed by atoms with van der Waals surface area (Å²) in [6.45, 7) is 7.66. The van der Waals surface area contributed by atoms with Gasteiger partial charge in [-0.3, -0.25) is 9.69 Å². The first-order valence-corrected chi connectivity index (χ1v) is 7.51. The van der Waals surface area contributed by atoms with Gasteiger partial charge in [-0.1, -0.05) is 6.58 Å². The number of hydrogen-bond donors (Lipinski definition) is 1. The summed E-state index contributed by atoms with van der Waals surface area (Å²) in [5, 5.41) is 3.10. The van der Waals surface area contributed by atoms with Crippen LogP contribution in [0.25, 0.3) is 0 Å². The van der Waals surface area contributed by atoms with Gasteiger partial charge in [0.25, 0.3) is 0 Å². The van der Waals surface area contributed by atoms with E-state index in [1.54, 1.807) is 7.11 Å². The average molecular weight is 299 g/mol. The molecule has 1 aliphatic rings. The third-order valence-corrected chi connectivity index (χ3v) is 3.49. The SMILES string of the molecule is C=C(CCCC(=O)N(CCN(C)CNC)CC1CO1)OC. The lowest BCUT2D eigenvalue weighted by molar-refractivity contribution is -0.131. The van der Waals surface area contributed by atoms with Gasteiger partial charge in [-0.15, -0.1) is 0 Å². The molecule has 6 nitrogen and oxygen atoms in total. The standard InChI is InChI=1S/C15H29N3O3/c1-13(20-4)6-5-7-15(19)18(10-14-11-21-14)9-8-17(3)12-16-2/h14,16H,1,5-12H2,2-4H3. The Labute approximate surface area is 128 Å². The Hall–Kier alpha value is -1.11. The molecule has 1 unspecified atom stereocenters.